The third-order valence-corrected chi connectivity index (χ3v) is 2.91. The van der Waals surface area contributed by atoms with Crippen LogP contribution in [0.3, 0.4) is 0 Å². The van der Waals surface area contributed by atoms with E-state index in [-0.39, 0.29) is 12.2 Å². The quantitative estimate of drug-likeness (QED) is 0.825. The average molecular weight is 252 g/mol. The molecule has 0 spiro atoms. The predicted octanol–water partition coefficient (Wildman–Crippen LogP) is 1.51. The first-order valence-electron chi connectivity index (χ1n) is 5.39. The number of phenolic OH excluding ortho intramolecular Hbond substituents is 1. The van der Waals surface area contributed by atoms with Crippen LogP contribution in [0.4, 0.5) is 0 Å². The fourth-order valence-corrected chi connectivity index (χ4v) is 1.72. The van der Waals surface area contributed by atoms with Gasteiger partial charge in [0, 0.05) is 0 Å². The molecular weight excluding hydrogens is 236 g/mol. The van der Waals surface area contributed by atoms with Crippen molar-refractivity contribution in [3.63, 3.8) is 0 Å². The molecule has 1 rings (SSSR count). The highest BCUT2D eigenvalue weighted by molar-refractivity contribution is 5.94. The van der Waals surface area contributed by atoms with Crippen molar-refractivity contribution in [2.75, 3.05) is 14.2 Å². The zero-order chi connectivity index (χ0) is 13.9. The normalized spacial score (nSPS) is 10.0. The van der Waals surface area contributed by atoms with E-state index < -0.39 is 11.9 Å². The number of phenols is 1. The maximum Gasteiger partial charge on any atom is 0.338 e. The standard InChI is InChI=1S/C13H16O5/c1-7-8(2)12(13(16)18-4)9(5-10(7)14)6-11(15)17-3/h5,14H,6H2,1-4H3. The summed E-state index contributed by atoms with van der Waals surface area (Å²) in [5, 5.41) is 9.74. The zero-order valence-corrected chi connectivity index (χ0v) is 10.9. The lowest BCUT2D eigenvalue weighted by Gasteiger charge is -2.14. The van der Waals surface area contributed by atoms with Gasteiger partial charge in [-0.2, -0.15) is 0 Å². The van der Waals surface area contributed by atoms with E-state index in [1.165, 1.54) is 20.3 Å². The number of carbonyl (C=O) groups excluding carboxylic acids is 2. The lowest BCUT2D eigenvalue weighted by molar-refractivity contribution is -0.139. The van der Waals surface area contributed by atoms with Crippen molar-refractivity contribution < 1.29 is 24.2 Å². The topological polar surface area (TPSA) is 72.8 Å². The highest BCUT2D eigenvalue weighted by atomic mass is 16.5. The molecule has 0 amide bonds. The van der Waals surface area contributed by atoms with Gasteiger partial charge in [0.2, 0.25) is 0 Å². The largest absolute Gasteiger partial charge is 0.508 e. The number of hydrogen-bond donors (Lipinski definition) is 1. The lowest BCUT2D eigenvalue weighted by atomic mass is 9.95. The number of ether oxygens (including phenoxy) is 2. The summed E-state index contributed by atoms with van der Waals surface area (Å²) >= 11 is 0. The van der Waals surface area contributed by atoms with E-state index in [2.05, 4.69) is 4.74 Å². The van der Waals surface area contributed by atoms with Crippen LogP contribution in [0.1, 0.15) is 27.0 Å². The minimum absolute atomic E-state index is 0.0408. The van der Waals surface area contributed by atoms with Crippen molar-refractivity contribution in [3.8, 4) is 5.75 Å². The molecule has 0 aliphatic carbocycles. The molecule has 1 aromatic carbocycles. The number of benzene rings is 1. The van der Waals surface area contributed by atoms with Gasteiger partial charge in [-0.15, -0.1) is 0 Å². The van der Waals surface area contributed by atoms with Gasteiger partial charge in [0.15, 0.2) is 0 Å². The third kappa shape index (κ3) is 2.61. The van der Waals surface area contributed by atoms with Crippen molar-refractivity contribution in [3.05, 3.63) is 28.3 Å². The molecule has 5 heteroatoms. The van der Waals surface area contributed by atoms with Crippen LogP contribution in [0.15, 0.2) is 6.07 Å². The predicted molar refractivity (Wildman–Crippen MR) is 64.6 cm³/mol. The smallest absolute Gasteiger partial charge is 0.338 e. The van der Waals surface area contributed by atoms with Crippen molar-refractivity contribution in [1.29, 1.82) is 0 Å². The Hall–Kier alpha value is -2.04. The molecule has 0 unspecified atom stereocenters. The van der Waals surface area contributed by atoms with E-state index in [0.717, 1.165) is 0 Å². The van der Waals surface area contributed by atoms with Crippen LogP contribution in [0.2, 0.25) is 0 Å². The summed E-state index contributed by atoms with van der Waals surface area (Å²) in [5.41, 5.74) is 1.89. The van der Waals surface area contributed by atoms with Crippen molar-refractivity contribution in [2.24, 2.45) is 0 Å². The van der Waals surface area contributed by atoms with Gasteiger partial charge in [-0.05, 0) is 36.6 Å². The molecule has 18 heavy (non-hydrogen) atoms. The summed E-state index contributed by atoms with van der Waals surface area (Å²) in [7, 11) is 2.53. The number of hydrogen-bond acceptors (Lipinski definition) is 5. The van der Waals surface area contributed by atoms with Gasteiger partial charge < -0.3 is 14.6 Å². The van der Waals surface area contributed by atoms with E-state index in [1.807, 2.05) is 0 Å². The van der Waals surface area contributed by atoms with Crippen LogP contribution < -0.4 is 0 Å². The molecule has 5 nitrogen and oxygen atoms in total. The molecule has 1 N–H and O–H groups in total. The second-order valence-corrected chi connectivity index (χ2v) is 3.92. The average Bonchev–Trinajstić information content (AvgIpc) is 2.35. The van der Waals surface area contributed by atoms with E-state index in [9.17, 15) is 14.7 Å². The van der Waals surface area contributed by atoms with Crippen molar-refractivity contribution >= 4 is 11.9 Å². The molecule has 0 aromatic heterocycles. The molecule has 0 bridgehead atoms. The van der Waals surface area contributed by atoms with Crippen molar-refractivity contribution in [2.45, 2.75) is 20.3 Å². The Labute approximate surface area is 105 Å². The van der Waals surface area contributed by atoms with Gasteiger partial charge in [-0.3, -0.25) is 4.79 Å². The molecule has 0 radical (unpaired) electrons. The summed E-state index contributed by atoms with van der Waals surface area (Å²) in [6, 6.07) is 1.39. The molecule has 0 heterocycles. The highest BCUT2D eigenvalue weighted by Crippen LogP contribution is 2.28. The molecule has 1 aromatic rings. The molecule has 0 saturated carbocycles. The number of aromatic hydroxyl groups is 1. The summed E-state index contributed by atoms with van der Waals surface area (Å²) < 4.78 is 9.25. The Morgan fingerprint density at radius 2 is 1.78 bits per heavy atom. The Morgan fingerprint density at radius 1 is 1.17 bits per heavy atom. The Balaban J connectivity index is 3.39. The molecule has 98 valence electrons. The highest BCUT2D eigenvalue weighted by Gasteiger charge is 2.20. The van der Waals surface area contributed by atoms with Gasteiger partial charge in [0.1, 0.15) is 5.75 Å². The molecule has 0 aliphatic rings. The van der Waals surface area contributed by atoms with Gasteiger partial charge in [-0.25, -0.2) is 4.79 Å². The van der Waals surface area contributed by atoms with Crippen LogP contribution in [0.25, 0.3) is 0 Å². The first kappa shape index (κ1) is 14.0. The summed E-state index contributed by atoms with van der Waals surface area (Å²) in [5.74, 6) is -0.976. The first-order valence-corrected chi connectivity index (χ1v) is 5.39. The minimum atomic E-state index is -0.533. The van der Waals surface area contributed by atoms with Gasteiger partial charge in [0.05, 0.1) is 26.2 Å². The fourth-order valence-electron chi connectivity index (χ4n) is 1.72. The summed E-state index contributed by atoms with van der Waals surface area (Å²) in [6.45, 7) is 3.39. The molecular formula is C13H16O5. The van der Waals surface area contributed by atoms with Crippen LogP contribution in [-0.2, 0) is 20.7 Å². The van der Waals surface area contributed by atoms with Gasteiger partial charge in [-0.1, -0.05) is 0 Å². The van der Waals surface area contributed by atoms with Gasteiger partial charge in [0.25, 0.3) is 0 Å². The number of carbonyl (C=O) groups is 2. The summed E-state index contributed by atoms with van der Waals surface area (Å²) in [4.78, 5) is 23.0. The number of rotatable bonds is 3. The second kappa shape index (κ2) is 5.53. The Bertz CT molecular complexity index is 491. The van der Waals surface area contributed by atoms with E-state index in [4.69, 9.17) is 4.74 Å². The Kier molecular flexibility index (Phi) is 4.31. The molecule has 0 aliphatic heterocycles. The van der Waals surface area contributed by atoms with Crippen LogP contribution in [0.5, 0.6) is 5.75 Å². The summed E-state index contributed by atoms with van der Waals surface area (Å²) in [6.07, 6.45) is -0.0877. The third-order valence-electron chi connectivity index (χ3n) is 2.91. The zero-order valence-electron chi connectivity index (χ0n) is 10.9. The lowest BCUT2D eigenvalue weighted by Crippen LogP contribution is -2.13. The van der Waals surface area contributed by atoms with E-state index in [0.29, 0.717) is 22.3 Å². The van der Waals surface area contributed by atoms with Crippen molar-refractivity contribution in [1.82, 2.24) is 0 Å². The monoisotopic (exact) mass is 252 g/mol. The number of esters is 2. The molecule has 0 atom stereocenters. The molecule has 0 saturated heterocycles. The fraction of sp³-hybridized carbons (Fsp3) is 0.385. The SMILES string of the molecule is COC(=O)Cc1cc(O)c(C)c(C)c1C(=O)OC. The first-order chi connectivity index (χ1) is 8.42. The Morgan fingerprint density at radius 3 is 2.28 bits per heavy atom. The maximum atomic E-state index is 11.7. The van der Waals surface area contributed by atoms with E-state index in [1.54, 1.807) is 13.8 Å². The van der Waals surface area contributed by atoms with Gasteiger partial charge >= 0.3 is 11.9 Å². The van der Waals surface area contributed by atoms with Crippen LogP contribution >= 0.6 is 0 Å². The van der Waals surface area contributed by atoms with Crippen LogP contribution in [-0.4, -0.2) is 31.3 Å². The maximum absolute atomic E-state index is 11.7. The minimum Gasteiger partial charge on any atom is -0.508 e. The van der Waals surface area contributed by atoms with E-state index >= 15 is 0 Å². The second-order valence-electron chi connectivity index (χ2n) is 3.92. The van der Waals surface area contributed by atoms with Crippen LogP contribution in [0, 0.1) is 13.8 Å². The molecule has 0 fully saturated rings. The number of methoxy groups -OCH3 is 2.